The van der Waals surface area contributed by atoms with Crippen LogP contribution in [0.4, 0.5) is 5.13 Å². The molecular weight excluding hydrogens is 400 g/mol. The van der Waals surface area contributed by atoms with Gasteiger partial charge in [-0.05, 0) is 25.3 Å². The molecule has 1 amide bonds. The van der Waals surface area contributed by atoms with Crippen molar-refractivity contribution >= 4 is 50.7 Å². The number of likely N-dealkylation sites (tertiary alicyclic amines) is 1. The Morgan fingerprint density at radius 2 is 2.26 bits per heavy atom. The molecule has 2 aliphatic heterocycles. The molecule has 6 nitrogen and oxygen atoms in total. The lowest BCUT2D eigenvalue weighted by Gasteiger charge is -2.43. The largest absolute Gasteiger partial charge is 0.356 e. The molecule has 0 radical (unpaired) electrons. The van der Waals surface area contributed by atoms with Crippen molar-refractivity contribution in [2.75, 3.05) is 18.4 Å². The molecule has 9 heteroatoms. The van der Waals surface area contributed by atoms with Crippen LogP contribution in [0.1, 0.15) is 25.0 Å². The number of piperidine rings is 1. The van der Waals surface area contributed by atoms with E-state index < -0.39 is 0 Å². The number of thiazole rings is 1. The van der Waals surface area contributed by atoms with Gasteiger partial charge in [0.05, 0.1) is 5.25 Å². The second kappa shape index (κ2) is 7.73. The first-order valence-electron chi connectivity index (χ1n) is 8.87. The number of thioether (sulfide) groups is 1. The summed E-state index contributed by atoms with van der Waals surface area (Å²) in [6.45, 7) is 4.24. The molecule has 1 fully saturated rings. The second-order valence-corrected chi connectivity index (χ2v) is 9.82. The van der Waals surface area contributed by atoms with Crippen molar-refractivity contribution in [1.29, 1.82) is 0 Å². The number of hydrogen-bond acceptors (Lipinski definition) is 6. The highest BCUT2D eigenvalue weighted by molar-refractivity contribution is 8.23. The maximum absolute atomic E-state index is 12.3. The molecular formula is C18H20N4O2S3. The third-order valence-electron chi connectivity index (χ3n) is 5.05. The molecule has 1 N–H and O–H groups in total. The first-order valence-corrected chi connectivity index (χ1v) is 11.0. The van der Waals surface area contributed by atoms with Crippen LogP contribution < -0.4 is 10.9 Å². The van der Waals surface area contributed by atoms with E-state index in [1.807, 2.05) is 29.0 Å². The summed E-state index contributed by atoms with van der Waals surface area (Å²) in [6, 6.07) is 5.52. The third-order valence-corrected chi connectivity index (χ3v) is 7.31. The van der Waals surface area contributed by atoms with Gasteiger partial charge in [0.2, 0.25) is 5.91 Å². The van der Waals surface area contributed by atoms with Crippen molar-refractivity contribution in [3.63, 3.8) is 0 Å². The van der Waals surface area contributed by atoms with Gasteiger partial charge in [0.25, 0.3) is 5.56 Å². The Morgan fingerprint density at radius 1 is 1.41 bits per heavy atom. The van der Waals surface area contributed by atoms with Gasteiger partial charge in [-0.1, -0.05) is 30.0 Å². The van der Waals surface area contributed by atoms with Crippen LogP contribution in [0, 0.1) is 5.92 Å². The maximum atomic E-state index is 12.3. The summed E-state index contributed by atoms with van der Waals surface area (Å²) in [4.78, 5) is 30.8. The average molecular weight is 421 g/mol. The van der Waals surface area contributed by atoms with Crippen LogP contribution >= 0.6 is 35.3 Å². The summed E-state index contributed by atoms with van der Waals surface area (Å²) < 4.78 is 2.66. The van der Waals surface area contributed by atoms with E-state index in [1.165, 1.54) is 23.1 Å². The number of rotatable bonds is 3. The molecule has 4 rings (SSSR count). The van der Waals surface area contributed by atoms with Gasteiger partial charge in [-0.25, -0.2) is 4.98 Å². The molecule has 2 aliphatic rings. The predicted octanol–water partition coefficient (Wildman–Crippen LogP) is 2.77. The number of anilines is 1. The van der Waals surface area contributed by atoms with Crippen LogP contribution in [0.15, 0.2) is 34.6 Å². The Kier molecular flexibility index (Phi) is 5.34. The highest BCUT2D eigenvalue weighted by Crippen LogP contribution is 2.36. The highest BCUT2D eigenvalue weighted by Gasteiger charge is 2.35. The first kappa shape index (κ1) is 18.6. The Morgan fingerprint density at radius 3 is 3.04 bits per heavy atom. The number of nitrogens with one attached hydrogen (secondary N) is 1. The van der Waals surface area contributed by atoms with Crippen molar-refractivity contribution in [3.05, 3.63) is 45.8 Å². The number of aromatic nitrogens is 2. The van der Waals surface area contributed by atoms with Gasteiger partial charge in [-0.15, -0.1) is 11.3 Å². The monoisotopic (exact) mass is 420 g/mol. The Labute approximate surface area is 171 Å². The minimum absolute atomic E-state index is 0.0834. The van der Waals surface area contributed by atoms with Crippen LogP contribution in [0.5, 0.6) is 0 Å². The van der Waals surface area contributed by atoms with E-state index in [0.717, 1.165) is 36.1 Å². The molecule has 0 aromatic carbocycles. The van der Waals surface area contributed by atoms with E-state index in [-0.39, 0.29) is 16.7 Å². The number of thiocarbonyl (C=S) groups is 1. The summed E-state index contributed by atoms with van der Waals surface area (Å²) in [5, 5.41) is 4.96. The Hall–Kier alpha value is -1.71. The summed E-state index contributed by atoms with van der Waals surface area (Å²) in [5.74, 6) is 0.630. The fraction of sp³-hybridized carbons (Fsp3) is 0.444. The molecule has 0 unspecified atom stereocenters. The van der Waals surface area contributed by atoms with Gasteiger partial charge < -0.3 is 14.8 Å². The number of pyridine rings is 1. The van der Waals surface area contributed by atoms with Gasteiger partial charge >= 0.3 is 0 Å². The Balaban J connectivity index is 1.40. The van der Waals surface area contributed by atoms with Crippen molar-refractivity contribution < 1.29 is 4.79 Å². The number of nitrogens with zero attached hydrogens (tertiary/aromatic N) is 3. The van der Waals surface area contributed by atoms with Crippen LogP contribution in [0.2, 0.25) is 0 Å². The van der Waals surface area contributed by atoms with Crippen LogP contribution in [0.25, 0.3) is 0 Å². The SMILES string of the molecule is C[C@@H](SC(=S)N1C[C@H]2C[C@@H](C1)c1cccc(=O)n1C2)C(=O)Nc1nccs1. The fourth-order valence-corrected chi connectivity index (χ4v) is 5.70. The predicted molar refractivity (Wildman–Crippen MR) is 114 cm³/mol. The van der Waals surface area contributed by atoms with E-state index in [9.17, 15) is 9.59 Å². The minimum atomic E-state index is -0.293. The van der Waals surface area contributed by atoms with E-state index in [1.54, 1.807) is 12.3 Å². The van der Waals surface area contributed by atoms with Gasteiger partial charge in [0.1, 0.15) is 4.32 Å². The van der Waals surface area contributed by atoms with Crippen molar-refractivity contribution in [2.45, 2.75) is 31.1 Å². The van der Waals surface area contributed by atoms with E-state index >= 15 is 0 Å². The zero-order valence-corrected chi connectivity index (χ0v) is 17.3. The van der Waals surface area contributed by atoms with Crippen molar-refractivity contribution in [1.82, 2.24) is 14.5 Å². The average Bonchev–Trinajstić information content (AvgIpc) is 3.15. The lowest BCUT2D eigenvalue weighted by molar-refractivity contribution is -0.115. The number of hydrogen-bond donors (Lipinski definition) is 1. The molecule has 2 aromatic heterocycles. The quantitative estimate of drug-likeness (QED) is 0.771. The normalized spacial score (nSPS) is 22.0. The molecule has 2 aromatic rings. The first-order chi connectivity index (χ1) is 13.0. The topological polar surface area (TPSA) is 67.2 Å². The van der Waals surface area contributed by atoms with Gasteiger partial charge in [0, 0.05) is 48.9 Å². The zero-order valence-electron chi connectivity index (χ0n) is 14.8. The molecule has 1 saturated heterocycles. The summed E-state index contributed by atoms with van der Waals surface area (Å²) in [6.07, 6.45) is 2.76. The van der Waals surface area contributed by atoms with Crippen LogP contribution in [-0.4, -0.2) is 43.0 Å². The summed E-state index contributed by atoms with van der Waals surface area (Å²) in [5.41, 5.74) is 1.19. The highest BCUT2D eigenvalue weighted by atomic mass is 32.2. The molecule has 0 saturated carbocycles. The second-order valence-electron chi connectivity index (χ2n) is 6.96. The van der Waals surface area contributed by atoms with Gasteiger partial charge in [0.15, 0.2) is 5.13 Å². The number of carbonyl (C=O) groups is 1. The van der Waals surface area contributed by atoms with E-state index in [4.69, 9.17) is 12.2 Å². The summed E-state index contributed by atoms with van der Waals surface area (Å²) >= 11 is 8.46. The van der Waals surface area contributed by atoms with Gasteiger partial charge in [-0.3, -0.25) is 9.59 Å². The zero-order chi connectivity index (χ0) is 19.0. The fourth-order valence-electron chi connectivity index (χ4n) is 3.82. The number of amides is 1. The van der Waals surface area contributed by atoms with Gasteiger partial charge in [-0.2, -0.15) is 0 Å². The minimum Gasteiger partial charge on any atom is -0.356 e. The lowest BCUT2D eigenvalue weighted by atomic mass is 9.83. The molecule has 27 heavy (non-hydrogen) atoms. The van der Waals surface area contributed by atoms with Crippen molar-refractivity contribution in [2.24, 2.45) is 5.92 Å². The Bertz CT molecular complexity index is 912. The molecule has 4 heterocycles. The standard InChI is InChI=1S/C18H20N4O2S3/c1-11(16(24)20-17-19-5-6-26-17)27-18(25)21-8-12-7-13(10-21)14-3-2-4-15(23)22(14)9-12/h2-6,11-13H,7-10H2,1H3,(H,19,20,24)/t11-,12-,13+/m1/s1. The maximum Gasteiger partial charge on any atom is 0.250 e. The molecule has 2 bridgehead atoms. The molecule has 3 atom stereocenters. The number of fused-ring (bicyclic) bond motifs is 4. The molecule has 0 spiro atoms. The summed E-state index contributed by atoms with van der Waals surface area (Å²) in [7, 11) is 0. The molecule has 142 valence electrons. The lowest BCUT2D eigenvalue weighted by Crippen LogP contribution is -2.48. The number of carbonyl (C=O) groups excluding carboxylic acids is 1. The van der Waals surface area contributed by atoms with Crippen LogP contribution in [-0.2, 0) is 11.3 Å². The smallest absolute Gasteiger partial charge is 0.250 e. The molecule has 0 aliphatic carbocycles. The van der Waals surface area contributed by atoms with Crippen LogP contribution in [0.3, 0.4) is 0 Å². The third kappa shape index (κ3) is 3.95. The van der Waals surface area contributed by atoms with E-state index in [0.29, 0.717) is 17.0 Å². The van der Waals surface area contributed by atoms with E-state index in [2.05, 4.69) is 15.2 Å². The van der Waals surface area contributed by atoms with Crippen molar-refractivity contribution in [3.8, 4) is 0 Å².